The SMILES string of the molecule is O=C(NCCCCCc1nc2ccccc2n1CCC1CCCCC1)c1cccc(Br)c1. The molecule has 0 bridgehead atoms. The molecule has 0 unspecified atom stereocenters. The summed E-state index contributed by atoms with van der Waals surface area (Å²) in [7, 11) is 0. The molecule has 4 nitrogen and oxygen atoms in total. The van der Waals surface area contributed by atoms with Crippen LogP contribution in [0.3, 0.4) is 0 Å². The molecule has 0 spiro atoms. The van der Waals surface area contributed by atoms with Gasteiger partial charge in [0, 0.05) is 29.5 Å². The molecule has 0 radical (unpaired) electrons. The van der Waals surface area contributed by atoms with Crippen LogP contribution in [-0.4, -0.2) is 22.0 Å². The Labute approximate surface area is 199 Å². The van der Waals surface area contributed by atoms with Crippen LogP contribution in [-0.2, 0) is 13.0 Å². The van der Waals surface area contributed by atoms with E-state index in [1.807, 2.05) is 24.3 Å². The number of aryl methyl sites for hydroxylation is 2. The fourth-order valence-electron chi connectivity index (χ4n) is 4.87. The van der Waals surface area contributed by atoms with Crippen molar-refractivity contribution in [1.29, 1.82) is 0 Å². The number of unbranched alkanes of at least 4 members (excludes halogenated alkanes) is 2. The first-order valence-corrected chi connectivity index (χ1v) is 13.0. The largest absolute Gasteiger partial charge is 0.352 e. The number of fused-ring (bicyclic) bond motifs is 1. The van der Waals surface area contributed by atoms with Gasteiger partial charge in [-0.2, -0.15) is 0 Å². The zero-order chi connectivity index (χ0) is 22.2. The molecule has 1 heterocycles. The van der Waals surface area contributed by atoms with E-state index in [0.29, 0.717) is 12.1 Å². The summed E-state index contributed by atoms with van der Waals surface area (Å²) in [5.74, 6) is 2.10. The van der Waals surface area contributed by atoms with Gasteiger partial charge in [0.15, 0.2) is 0 Å². The van der Waals surface area contributed by atoms with Gasteiger partial charge in [0.05, 0.1) is 11.0 Å². The number of para-hydroxylation sites is 2. The number of nitrogens with one attached hydrogen (secondary N) is 1. The molecule has 170 valence electrons. The molecule has 0 saturated heterocycles. The summed E-state index contributed by atoms with van der Waals surface area (Å²) in [5, 5.41) is 3.03. The van der Waals surface area contributed by atoms with Gasteiger partial charge in [0.2, 0.25) is 0 Å². The molecule has 32 heavy (non-hydrogen) atoms. The van der Waals surface area contributed by atoms with Crippen molar-refractivity contribution in [3.63, 3.8) is 0 Å². The van der Waals surface area contributed by atoms with Crippen LogP contribution in [0.15, 0.2) is 53.0 Å². The van der Waals surface area contributed by atoms with E-state index in [1.165, 1.54) is 49.9 Å². The number of benzene rings is 2. The Morgan fingerprint density at radius 1 is 1.03 bits per heavy atom. The predicted molar refractivity (Wildman–Crippen MR) is 135 cm³/mol. The minimum Gasteiger partial charge on any atom is -0.352 e. The molecule has 1 aliphatic rings. The Bertz CT molecular complexity index is 1020. The van der Waals surface area contributed by atoms with E-state index in [-0.39, 0.29) is 5.91 Å². The third kappa shape index (κ3) is 6.22. The van der Waals surface area contributed by atoms with Crippen LogP contribution >= 0.6 is 15.9 Å². The molecular formula is C27H34BrN3O. The average Bonchev–Trinajstić information content (AvgIpc) is 3.17. The third-order valence-electron chi connectivity index (χ3n) is 6.67. The number of aromatic nitrogens is 2. The monoisotopic (exact) mass is 495 g/mol. The number of carbonyl (C=O) groups is 1. The normalized spacial score (nSPS) is 14.7. The summed E-state index contributed by atoms with van der Waals surface area (Å²) in [6.07, 6.45) is 12.5. The number of hydrogen-bond acceptors (Lipinski definition) is 2. The average molecular weight is 496 g/mol. The molecule has 0 aliphatic heterocycles. The molecule has 1 saturated carbocycles. The van der Waals surface area contributed by atoms with E-state index < -0.39 is 0 Å². The first kappa shape index (κ1) is 23.0. The minimum atomic E-state index is -0.00388. The Hall–Kier alpha value is -2.14. The maximum absolute atomic E-state index is 12.3. The third-order valence-corrected chi connectivity index (χ3v) is 7.16. The molecule has 2 aromatic carbocycles. The van der Waals surface area contributed by atoms with Gasteiger partial charge >= 0.3 is 0 Å². The number of halogens is 1. The van der Waals surface area contributed by atoms with Gasteiger partial charge in [-0.25, -0.2) is 4.98 Å². The number of nitrogens with zero attached hydrogens (tertiary/aromatic N) is 2. The van der Waals surface area contributed by atoms with Crippen LogP contribution < -0.4 is 5.32 Å². The maximum atomic E-state index is 12.3. The predicted octanol–water partition coefficient (Wildman–Crippen LogP) is 6.91. The quantitative estimate of drug-likeness (QED) is 0.310. The van der Waals surface area contributed by atoms with Crippen LogP contribution in [0.25, 0.3) is 11.0 Å². The zero-order valence-corrected chi connectivity index (χ0v) is 20.4. The number of rotatable bonds is 10. The minimum absolute atomic E-state index is 0.00388. The van der Waals surface area contributed by atoms with Gasteiger partial charge in [-0.3, -0.25) is 4.79 Å². The summed E-state index contributed by atoms with van der Waals surface area (Å²) < 4.78 is 3.40. The van der Waals surface area contributed by atoms with Crippen molar-refractivity contribution in [1.82, 2.24) is 14.9 Å². The highest BCUT2D eigenvalue weighted by Crippen LogP contribution is 2.28. The number of imidazole rings is 1. The molecule has 4 rings (SSSR count). The van der Waals surface area contributed by atoms with Crippen molar-refractivity contribution in [3.8, 4) is 0 Å². The summed E-state index contributed by atoms with van der Waals surface area (Å²) >= 11 is 3.42. The van der Waals surface area contributed by atoms with Crippen LogP contribution in [0, 0.1) is 5.92 Å². The molecule has 1 aliphatic carbocycles. The maximum Gasteiger partial charge on any atom is 0.251 e. The first-order valence-electron chi connectivity index (χ1n) is 12.2. The lowest BCUT2D eigenvalue weighted by Crippen LogP contribution is -2.24. The molecule has 1 N–H and O–H groups in total. The van der Waals surface area contributed by atoms with Crippen LogP contribution in [0.2, 0.25) is 0 Å². The Kier molecular flexibility index (Phi) is 8.38. The summed E-state index contributed by atoms with van der Waals surface area (Å²) in [6, 6.07) is 16.1. The smallest absolute Gasteiger partial charge is 0.251 e. The van der Waals surface area contributed by atoms with E-state index >= 15 is 0 Å². The van der Waals surface area contributed by atoms with Gasteiger partial charge < -0.3 is 9.88 Å². The van der Waals surface area contributed by atoms with Gasteiger partial charge in [-0.15, -0.1) is 0 Å². The van der Waals surface area contributed by atoms with Gasteiger partial charge in [0.25, 0.3) is 5.91 Å². The molecule has 0 atom stereocenters. The van der Waals surface area contributed by atoms with Crippen LogP contribution in [0.5, 0.6) is 0 Å². The van der Waals surface area contributed by atoms with E-state index in [1.54, 1.807) is 0 Å². The van der Waals surface area contributed by atoms with Crippen LogP contribution in [0.4, 0.5) is 0 Å². The summed E-state index contributed by atoms with van der Waals surface area (Å²) in [6.45, 7) is 1.80. The van der Waals surface area contributed by atoms with Crippen LogP contribution in [0.1, 0.15) is 74.0 Å². The zero-order valence-electron chi connectivity index (χ0n) is 18.9. The standard InChI is InChI=1S/C27H34BrN3O/c28-23-13-9-12-22(20-23)27(32)29-18-8-2-5-16-26-30-24-14-6-7-15-25(24)31(26)19-17-21-10-3-1-4-11-21/h6-7,9,12-15,20-21H,1-5,8,10-11,16-19H2,(H,29,32). The van der Waals surface area contributed by atoms with Crippen molar-refractivity contribution >= 4 is 32.9 Å². The molecule has 5 heteroatoms. The second-order valence-electron chi connectivity index (χ2n) is 9.04. The number of hydrogen-bond donors (Lipinski definition) is 1. The highest BCUT2D eigenvalue weighted by atomic mass is 79.9. The van der Waals surface area contributed by atoms with E-state index in [4.69, 9.17) is 4.98 Å². The molecular weight excluding hydrogens is 462 g/mol. The molecule has 3 aromatic rings. The number of amides is 1. The van der Waals surface area contributed by atoms with E-state index in [0.717, 1.165) is 48.1 Å². The summed E-state index contributed by atoms with van der Waals surface area (Å²) in [5.41, 5.74) is 3.10. The van der Waals surface area contributed by atoms with Crippen molar-refractivity contribution in [2.75, 3.05) is 6.54 Å². The van der Waals surface area contributed by atoms with Crippen molar-refractivity contribution in [2.45, 2.75) is 70.8 Å². The molecule has 1 amide bonds. The van der Waals surface area contributed by atoms with E-state index in [9.17, 15) is 4.79 Å². The highest BCUT2D eigenvalue weighted by molar-refractivity contribution is 9.10. The van der Waals surface area contributed by atoms with Gasteiger partial charge in [0.1, 0.15) is 5.82 Å². The van der Waals surface area contributed by atoms with Gasteiger partial charge in [-0.1, -0.05) is 72.7 Å². The van der Waals surface area contributed by atoms with Crippen molar-refractivity contribution in [2.24, 2.45) is 5.92 Å². The second kappa shape index (κ2) is 11.6. The Morgan fingerprint density at radius 2 is 1.88 bits per heavy atom. The lowest BCUT2D eigenvalue weighted by Gasteiger charge is -2.22. The molecule has 1 fully saturated rings. The molecule has 1 aromatic heterocycles. The lowest BCUT2D eigenvalue weighted by molar-refractivity contribution is 0.0953. The van der Waals surface area contributed by atoms with Crippen molar-refractivity contribution < 1.29 is 4.79 Å². The Balaban J connectivity index is 1.26. The van der Waals surface area contributed by atoms with Crippen molar-refractivity contribution in [3.05, 3.63) is 64.4 Å². The first-order chi connectivity index (χ1) is 15.7. The number of carbonyl (C=O) groups excluding carboxylic acids is 1. The van der Waals surface area contributed by atoms with Gasteiger partial charge in [-0.05, 0) is 55.5 Å². The fraction of sp³-hybridized carbons (Fsp3) is 0.481. The second-order valence-corrected chi connectivity index (χ2v) is 9.95. The highest BCUT2D eigenvalue weighted by Gasteiger charge is 2.16. The fourth-order valence-corrected chi connectivity index (χ4v) is 5.27. The topological polar surface area (TPSA) is 46.9 Å². The van der Waals surface area contributed by atoms with E-state index in [2.05, 4.69) is 50.1 Å². The lowest BCUT2D eigenvalue weighted by atomic mass is 9.87. The summed E-state index contributed by atoms with van der Waals surface area (Å²) in [4.78, 5) is 17.2. The Morgan fingerprint density at radius 3 is 2.72 bits per heavy atom.